The zero-order valence-corrected chi connectivity index (χ0v) is 12.5. The number of rotatable bonds is 6. The van der Waals surface area contributed by atoms with Crippen molar-refractivity contribution in [2.75, 3.05) is 19.7 Å². The summed E-state index contributed by atoms with van der Waals surface area (Å²) in [5.74, 6) is 1.54. The summed E-state index contributed by atoms with van der Waals surface area (Å²) in [5.41, 5.74) is 6.37. The van der Waals surface area contributed by atoms with Gasteiger partial charge in [-0.3, -0.25) is 4.79 Å². The van der Waals surface area contributed by atoms with Gasteiger partial charge in [-0.2, -0.15) is 0 Å². The third-order valence-electron chi connectivity index (χ3n) is 3.39. The van der Waals surface area contributed by atoms with Crippen molar-refractivity contribution < 1.29 is 9.53 Å². The lowest BCUT2D eigenvalue weighted by molar-refractivity contribution is -0.127. The minimum absolute atomic E-state index is 0.262. The molecule has 5 heteroatoms. The molecule has 1 aliphatic heterocycles. The first-order valence-electron chi connectivity index (χ1n) is 6.86. The Kier molecular flexibility index (Phi) is 4.95. The number of likely N-dealkylation sites (tertiary alicyclic amines) is 1. The van der Waals surface area contributed by atoms with Crippen LogP contribution in [0.1, 0.15) is 25.3 Å². The second-order valence-corrected chi connectivity index (χ2v) is 5.68. The van der Waals surface area contributed by atoms with Crippen molar-refractivity contribution in [3.63, 3.8) is 0 Å². The number of nitrogens with zero attached hydrogens (tertiary/aromatic N) is 1. The van der Waals surface area contributed by atoms with E-state index in [0.29, 0.717) is 23.9 Å². The highest BCUT2D eigenvalue weighted by Crippen LogP contribution is 2.17. The molecule has 1 aliphatic rings. The molecule has 1 fully saturated rings. The third-order valence-corrected chi connectivity index (χ3v) is 3.62. The quantitative estimate of drug-likeness (QED) is 0.643. The van der Waals surface area contributed by atoms with Gasteiger partial charge in [0.05, 0.1) is 6.61 Å². The first kappa shape index (κ1) is 14.8. The van der Waals surface area contributed by atoms with Crippen LogP contribution < -0.4 is 10.5 Å². The van der Waals surface area contributed by atoms with Crippen LogP contribution >= 0.6 is 12.2 Å². The van der Waals surface area contributed by atoms with Crippen molar-refractivity contribution in [1.82, 2.24) is 4.90 Å². The van der Waals surface area contributed by atoms with Crippen molar-refractivity contribution in [3.8, 4) is 5.75 Å². The maximum atomic E-state index is 11.6. The molecule has 0 bridgehead atoms. The molecule has 4 nitrogen and oxygen atoms in total. The molecule has 2 N–H and O–H groups in total. The minimum atomic E-state index is 0.262. The van der Waals surface area contributed by atoms with Gasteiger partial charge in [0.15, 0.2) is 0 Å². The Morgan fingerprint density at radius 2 is 2.15 bits per heavy atom. The van der Waals surface area contributed by atoms with E-state index in [2.05, 4.69) is 6.92 Å². The number of hydrogen-bond donors (Lipinski definition) is 1. The van der Waals surface area contributed by atoms with E-state index in [1.807, 2.05) is 29.2 Å². The van der Waals surface area contributed by atoms with Crippen LogP contribution in [-0.2, 0) is 4.79 Å². The Labute approximate surface area is 124 Å². The highest BCUT2D eigenvalue weighted by Gasteiger charge is 2.25. The highest BCUT2D eigenvalue weighted by atomic mass is 32.1. The Morgan fingerprint density at radius 3 is 2.70 bits per heavy atom. The van der Waals surface area contributed by atoms with E-state index in [1.54, 1.807) is 0 Å². The molecule has 2 rings (SSSR count). The van der Waals surface area contributed by atoms with E-state index in [4.69, 9.17) is 22.7 Å². The van der Waals surface area contributed by atoms with Gasteiger partial charge in [-0.1, -0.05) is 19.1 Å². The van der Waals surface area contributed by atoms with Gasteiger partial charge >= 0.3 is 0 Å². The monoisotopic (exact) mass is 292 g/mol. The van der Waals surface area contributed by atoms with E-state index in [-0.39, 0.29) is 5.91 Å². The summed E-state index contributed by atoms with van der Waals surface area (Å²) in [6, 6.07) is 7.42. The summed E-state index contributed by atoms with van der Waals surface area (Å²) in [6.45, 7) is 4.36. The molecule has 1 unspecified atom stereocenters. The first-order chi connectivity index (χ1) is 9.56. The minimum Gasteiger partial charge on any atom is -0.494 e. The molecule has 0 aromatic heterocycles. The fourth-order valence-corrected chi connectivity index (χ4v) is 2.48. The lowest BCUT2D eigenvalue weighted by atomic mass is 10.2. The topological polar surface area (TPSA) is 55.6 Å². The van der Waals surface area contributed by atoms with E-state index in [1.165, 1.54) is 0 Å². The third kappa shape index (κ3) is 3.93. The molecule has 0 spiro atoms. The molecular formula is C15H20N2O2S. The van der Waals surface area contributed by atoms with Gasteiger partial charge in [-0.25, -0.2) is 0 Å². The van der Waals surface area contributed by atoms with Gasteiger partial charge in [0, 0.05) is 25.1 Å². The fourth-order valence-electron chi connectivity index (χ4n) is 2.35. The zero-order chi connectivity index (χ0) is 14.5. The van der Waals surface area contributed by atoms with Gasteiger partial charge in [-0.15, -0.1) is 0 Å². The number of benzene rings is 1. The summed E-state index contributed by atoms with van der Waals surface area (Å²) in [4.78, 5) is 13.9. The maximum absolute atomic E-state index is 11.6. The summed E-state index contributed by atoms with van der Waals surface area (Å²) in [6.07, 6.45) is 1.52. The lowest BCUT2D eigenvalue weighted by Gasteiger charge is -2.16. The average molecular weight is 292 g/mol. The zero-order valence-electron chi connectivity index (χ0n) is 11.7. The van der Waals surface area contributed by atoms with Crippen LogP contribution in [0.15, 0.2) is 24.3 Å². The van der Waals surface area contributed by atoms with E-state index < -0.39 is 0 Å². The predicted molar refractivity (Wildman–Crippen MR) is 82.8 cm³/mol. The number of amides is 1. The van der Waals surface area contributed by atoms with Gasteiger partial charge in [-0.05, 0) is 36.6 Å². The SMILES string of the molecule is CC1CC(=O)N(CCCOc2ccc(C(N)=S)cc2)C1. The van der Waals surface area contributed by atoms with Crippen LogP contribution in [-0.4, -0.2) is 35.5 Å². The molecule has 1 heterocycles. The number of hydrogen-bond acceptors (Lipinski definition) is 3. The molecule has 1 aromatic rings. The summed E-state index contributed by atoms with van der Waals surface area (Å²) >= 11 is 4.89. The second kappa shape index (κ2) is 6.70. The molecule has 0 radical (unpaired) electrons. The van der Waals surface area contributed by atoms with Crippen molar-refractivity contribution in [2.45, 2.75) is 19.8 Å². The van der Waals surface area contributed by atoms with Crippen LogP contribution in [0.2, 0.25) is 0 Å². The average Bonchev–Trinajstić information content (AvgIpc) is 2.73. The van der Waals surface area contributed by atoms with Gasteiger partial charge < -0.3 is 15.4 Å². The van der Waals surface area contributed by atoms with Gasteiger partial charge in [0.1, 0.15) is 10.7 Å². The molecular weight excluding hydrogens is 272 g/mol. The lowest BCUT2D eigenvalue weighted by Crippen LogP contribution is -2.27. The Balaban J connectivity index is 1.71. The van der Waals surface area contributed by atoms with Crippen molar-refractivity contribution in [3.05, 3.63) is 29.8 Å². The molecule has 0 saturated carbocycles. The number of carbonyl (C=O) groups excluding carboxylic acids is 1. The van der Waals surface area contributed by atoms with Crippen molar-refractivity contribution in [2.24, 2.45) is 11.7 Å². The molecule has 1 saturated heterocycles. The Morgan fingerprint density at radius 1 is 1.45 bits per heavy atom. The predicted octanol–water partition coefficient (Wildman–Crippen LogP) is 1.96. The summed E-state index contributed by atoms with van der Waals surface area (Å²) < 4.78 is 5.64. The highest BCUT2D eigenvalue weighted by molar-refractivity contribution is 7.80. The van der Waals surface area contributed by atoms with Crippen LogP contribution in [0.25, 0.3) is 0 Å². The van der Waals surface area contributed by atoms with Gasteiger partial charge in [0.25, 0.3) is 0 Å². The van der Waals surface area contributed by atoms with Crippen molar-refractivity contribution >= 4 is 23.1 Å². The Hall–Kier alpha value is -1.62. The molecule has 1 atom stereocenters. The standard InChI is InChI=1S/C15H20N2O2S/c1-11-9-14(18)17(10-11)7-2-8-19-13-5-3-12(4-6-13)15(16)20/h3-6,11H,2,7-10H2,1H3,(H2,16,20). The number of thiocarbonyl (C=S) groups is 1. The molecule has 20 heavy (non-hydrogen) atoms. The van der Waals surface area contributed by atoms with Gasteiger partial charge in [0.2, 0.25) is 5.91 Å². The second-order valence-electron chi connectivity index (χ2n) is 5.24. The summed E-state index contributed by atoms with van der Waals surface area (Å²) in [7, 11) is 0. The van der Waals surface area contributed by atoms with Crippen LogP contribution in [0, 0.1) is 5.92 Å². The Bertz CT molecular complexity index is 487. The maximum Gasteiger partial charge on any atom is 0.222 e. The van der Waals surface area contributed by atoms with E-state index >= 15 is 0 Å². The first-order valence-corrected chi connectivity index (χ1v) is 7.27. The molecule has 108 valence electrons. The van der Waals surface area contributed by atoms with Crippen molar-refractivity contribution in [1.29, 1.82) is 0 Å². The molecule has 1 aromatic carbocycles. The number of nitrogens with two attached hydrogens (primary N) is 1. The number of ether oxygens (including phenoxy) is 1. The smallest absolute Gasteiger partial charge is 0.222 e. The van der Waals surface area contributed by atoms with Crippen LogP contribution in [0.3, 0.4) is 0 Å². The largest absolute Gasteiger partial charge is 0.494 e. The fraction of sp³-hybridized carbons (Fsp3) is 0.467. The molecule has 1 amide bonds. The normalized spacial score (nSPS) is 18.4. The van der Waals surface area contributed by atoms with E-state index in [9.17, 15) is 4.79 Å². The van der Waals surface area contributed by atoms with E-state index in [0.717, 1.165) is 30.8 Å². The van der Waals surface area contributed by atoms with Crippen LogP contribution in [0.4, 0.5) is 0 Å². The molecule has 0 aliphatic carbocycles. The summed E-state index contributed by atoms with van der Waals surface area (Å²) in [5, 5.41) is 0. The van der Waals surface area contributed by atoms with Crippen LogP contribution in [0.5, 0.6) is 5.75 Å². The number of carbonyl (C=O) groups is 1.